The minimum Gasteiger partial charge on any atom is -0.508 e. The van der Waals surface area contributed by atoms with Gasteiger partial charge in [-0.15, -0.1) is 0 Å². The maximum absolute atomic E-state index is 9.85. The highest BCUT2D eigenvalue weighted by atomic mass is 16.3. The van der Waals surface area contributed by atoms with Crippen LogP contribution in [0, 0.1) is 0 Å². The van der Waals surface area contributed by atoms with E-state index in [4.69, 9.17) is 0 Å². The number of phenols is 1. The van der Waals surface area contributed by atoms with Crippen molar-refractivity contribution in [1.29, 1.82) is 0 Å². The number of unbranched alkanes of at least 4 members (excludes halogenated alkanes) is 7. The number of rotatable bonds is 11. The topological polar surface area (TPSA) is 23.5 Å². The normalized spacial score (nSPS) is 15.5. The van der Waals surface area contributed by atoms with Gasteiger partial charge in [-0.25, -0.2) is 0 Å². The van der Waals surface area contributed by atoms with Gasteiger partial charge in [0.1, 0.15) is 5.75 Å². The molecule has 1 aliphatic rings. The molecule has 2 nitrogen and oxygen atoms in total. The van der Waals surface area contributed by atoms with Crippen molar-refractivity contribution in [2.45, 2.75) is 96.4 Å². The van der Waals surface area contributed by atoms with Crippen LogP contribution in [0.2, 0.25) is 0 Å². The van der Waals surface area contributed by atoms with Crippen molar-refractivity contribution < 1.29 is 5.11 Å². The van der Waals surface area contributed by atoms with Crippen LogP contribution in [0.25, 0.3) is 0 Å². The Hall–Kier alpha value is -1.18. The largest absolute Gasteiger partial charge is 0.508 e. The standard InChI is InChI=1S/C22H37NO/c1-2-3-4-5-6-7-8-12-18-23(20-14-10-9-11-15-20)21-16-13-17-22(24)19-21/h13,16-17,19-20,24H,2-12,14-15,18H2,1H3. The lowest BCUT2D eigenvalue weighted by Crippen LogP contribution is -2.37. The summed E-state index contributed by atoms with van der Waals surface area (Å²) < 4.78 is 0. The Morgan fingerprint density at radius 2 is 1.58 bits per heavy atom. The van der Waals surface area contributed by atoms with E-state index in [9.17, 15) is 5.11 Å². The van der Waals surface area contributed by atoms with Crippen LogP contribution in [-0.4, -0.2) is 17.7 Å². The molecule has 0 amide bonds. The maximum atomic E-state index is 9.85. The number of hydrogen-bond acceptors (Lipinski definition) is 2. The number of nitrogens with zero attached hydrogens (tertiary/aromatic N) is 1. The highest BCUT2D eigenvalue weighted by Gasteiger charge is 2.21. The van der Waals surface area contributed by atoms with Crippen LogP contribution in [-0.2, 0) is 0 Å². The van der Waals surface area contributed by atoms with E-state index in [1.165, 1.54) is 89.2 Å². The van der Waals surface area contributed by atoms with Crippen LogP contribution >= 0.6 is 0 Å². The molecule has 2 rings (SSSR count). The molecule has 1 N–H and O–H groups in total. The lowest BCUT2D eigenvalue weighted by Gasteiger charge is -2.36. The monoisotopic (exact) mass is 331 g/mol. The van der Waals surface area contributed by atoms with E-state index in [1.54, 1.807) is 6.07 Å². The molecule has 24 heavy (non-hydrogen) atoms. The van der Waals surface area contributed by atoms with Gasteiger partial charge in [-0.05, 0) is 31.4 Å². The van der Waals surface area contributed by atoms with E-state index in [0.717, 1.165) is 6.54 Å². The Balaban J connectivity index is 1.78. The first kappa shape index (κ1) is 19.1. The molecule has 136 valence electrons. The molecule has 0 unspecified atom stereocenters. The van der Waals surface area contributed by atoms with Crippen LogP contribution < -0.4 is 4.90 Å². The SMILES string of the molecule is CCCCCCCCCCN(c1cccc(O)c1)C1CCCCC1. The fourth-order valence-corrected chi connectivity index (χ4v) is 4.00. The lowest BCUT2D eigenvalue weighted by molar-refractivity contribution is 0.409. The third-order valence-electron chi connectivity index (χ3n) is 5.43. The predicted molar refractivity (Wildman–Crippen MR) is 105 cm³/mol. The molecule has 0 spiro atoms. The molecule has 0 aliphatic heterocycles. The predicted octanol–water partition coefficient (Wildman–Crippen LogP) is 6.67. The second kappa shape index (κ2) is 11.4. The fraction of sp³-hybridized carbons (Fsp3) is 0.727. The molecule has 0 bridgehead atoms. The first-order chi connectivity index (χ1) is 11.8. The Kier molecular flexibility index (Phi) is 9.09. The quantitative estimate of drug-likeness (QED) is 0.458. The minimum absolute atomic E-state index is 0.393. The summed E-state index contributed by atoms with van der Waals surface area (Å²) >= 11 is 0. The third-order valence-corrected chi connectivity index (χ3v) is 5.43. The van der Waals surface area contributed by atoms with Crippen LogP contribution in [0.3, 0.4) is 0 Å². The zero-order valence-corrected chi connectivity index (χ0v) is 15.7. The second-order valence-corrected chi connectivity index (χ2v) is 7.48. The van der Waals surface area contributed by atoms with Gasteiger partial charge in [-0.3, -0.25) is 0 Å². The third kappa shape index (κ3) is 6.75. The van der Waals surface area contributed by atoms with Crippen LogP contribution in [0.5, 0.6) is 5.75 Å². The molecule has 0 saturated heterocycles. The number of anilines is 1. The molecular weight excluding hydrogens is 294 g/mol. The second-order valence-electron chi connectivity index (χ2n) is 7.48. The number of benzene rings is 1. The van der Waals surface area contributed by atoms with Gasteiger partial charge in [0.05, 0.1) is 0 Å². The van der Waals surface area contributed by atoms with Gasteiger partial charge in [-0.2, -0.15) is 0 Å². The molecule has 1 aromatic carbocycles. The van der Waals surface area contributed by atoms with Crippen molar-refractivity contribution in [1.82, 2.24) is 0 Å². The van der Waals surface area contributed by atoms with E-state index in [2.05, 4.69) is 17.9 Å². The first-order valence-corrected chi connectivity index (χ1v) is 10.4. The average Bonchev–Trinajstić information content (AvgIpc) is 2.61. The van der Waals surface area contributed by atoms with Crippen LogP contribution in [0.15, 0.2) is 24.3 Å². The van der Waals surface area contributed by atoms with Gasteiger partial charge in [0.25, 0.3) is 0 Å². The summed E-state index contributed by atoms with van der Waals surface area (Å²) in [6.07, 6.45) is 17.7. The molecule has 0 radical (unpaired) electrons. The van der Waals surface area contributed by atoms with Crippen LogP contribution in [0.4, 0.5) is 5.69 Å². The summed E-state index contributed by atoms with van der Waals surface area (Å²) in [4.78, 5) is 2.58. The van der Waals surface area contributed by atoms with Crippen LogP contribution in [0.1, 0.15) is 90.4 Å². The summed E-state index contributed by atoms with van der Waals surface area (Å²) in [6.45, 7) is 3.42. The molecule has 0 aromatic heterocycles. The minimum atomic E-state index is 0.393. The molecule has 1 fully saturated rings. The molecular formula is C22H37NO. The number of hydrogen-bond donors (Lipinski definition) is 1. The molecule has 2 heteroatoms. The van der Waals surface area contributed by atoms with E-state index in [1.807, 2.05) is 12.1 Å². The van der Waals surface area contributed by atoms with Crippen molar-refractivity contribution in [3.8, 4) is 5.75 Å². The van der Waals surface area contributed by atoms with Crippen molar-refractivity contribution in [3.63, 3.8) is 0 Å². The van der Waals surface area contributed by atoms with Crippen molar-refractivity contribution in [2.75, 3.05) is 11.4 Å². The molecule has 0 atom stereocenters. The lowest BCUT2D eigenvalue weighted by atomic mass is 9.93. The molecule has 1 aromatic rings. The van der Waals surface area contributed by atoms with Gasteiger partial charge in [-0.1, -0.05) is 77.2 Å². The van der Waals surface area contributed by atoms with Gasteiger partial charge in [0.15, 0.2) is 0 Å². The Labute approximate surface area is 149 Å². The summed E-state index contributed by atoms with van der Waals surface area (Å²) in [6, 6.07) is 8.54. The van der Waals surface area contributed by atoms with E-state index in [0.29, 0.717) is 11.8 Å². The summed E-state index contributed by atoms with van der Waals surface area (Å²) in [5, 5.41) is 9.85. The first-order valence-electron chi connectivity index (χ1n) is 10.4. The highest BCUT2D eigenvalue weighted by molar-refractivity contribution is 5.51. The van der Waals surface area contributed by atoms with Crippen molar-refractivity contribution in [2.24, 2.45) is 0 Å². The van der Waals surface area contributed by atoms with Gasteiger partial charge in [0, 0.05) is 24.3 Å². The van der Waals surface area contributed by atoms with E-state index < -0.39 is 0 Å². The van der Waals surface area contributed by atoms with E-state index in [-0.39, 0.29) is 0 Å². The summed E-state index contributed by atoms with van der Waals surface area (Å²) in [5.41, 5.74) is 1.21. The van der Waals surface area contributed by atoms with Gasteiger partial charge >= 0.3 is 0 Å². The van der Waals surface area contributed by atoms with E-state index >= 15 is 0 Å². The fourth-order valence-electron chi connectivity index (χ4n) is 4.00. The molecule has 0 heterocycles. The zero-order valence-electron chi connectivity index (χ0n) is 15.7. The maximum Gasteiger partial charge on any atom is 0.117 e. The van der Waals surface area contributed by atoms with Gasteiger partial charge < -0.3 is 10.0 Å². The average molecular weight is 332 g/mol. The summed E-state index contributed by atoms with van der Waals surface area (Å²) in [5.74, 6) is 0.393. The van der Waals surface area contributed by atoms with Crippen molar-refractivity contribution >= 4 is 5.69 Å². The Morgan fingerprint density at radius 3 is 2.25 bits per heavy atom. The molecule has 1 saturated carbocycles. The Bertz CT molecular complexity index is 439. The van der Waals surface area contributed by atoms with Crippen molar-refractivity contribution in [3.05, 3.63) is 24.3 Å². The zero-order chi connectivity index (χ0) is 17.0. The molecule has 1 aliphatic carbocycles. The Morgan fingerprint density at radius 1 is 0.917 bits per heavy atom. The number of phenolic OH excluding ortho intramolecular Hbond substituents is 1. The number of aromatic hydroxyl groups is 1. The highest BCUT2D eigenvalue weighted by Crippen LogP contribution is 2.29. The smallest absolute Gasteiger partial charge is 0.117 e. The summed E-state index contributed by atoms with van der Waals surface area (Å²) in [7, 11) is 0. The van der Waals surface area contributed by atoms with Gasteiger partial charge in [0.2, 0.25) is 0 Å².